The van der Waals surface area contributed by atoms with E-state index in [2.05, 4.69) is 0 Å². The van der Waals surface area contributed by atoms with Gasteiger partial charge in [-0.2, -0.15) is 5.26 Å². The third-order valence-electron chi connectivity index (χ3n) is 2.10. The molecule has 1 rings (SSSR count). The van der Waals surface area contributed by atoms with Gasteiger partial charge >= 0.3 is 11.7 Å². The molecule has 0 spiro atoms. The number of hydrogen-bond donors (Lipinski definition) is 1. The molecule has 1 aromatic rings. The molecule has 18 heavy (non-hydrogen) atoms. The summed E-state index contributed by atoms with van der Waals surface area (Å²) in [5.74, 6) is -1.31. The van der Waals surface area contributed by atoms with Crippen LogP contribution in [0.5, 0.6) is 5.75 Å². The molecule has 0 saturated carbocycles. The largest absolute Gasteiger partial charge is 0.490 e. The van der Waals surface area contributed by atoms with Crippen molar-refractivity contribution in [1.29, 1.82) is 5.26 Å². The van der Waals surface area contributed by atoms with Crippen molar-refractivity contribution in [2.24, 2.45) is 0 Å². The number of ether oxygens (including phenoxy) is 1. The van der Waals surface area contributed by atoms with Crippen molar-refractivity contribution in [3.05, 3.63) is 39.4 Å². The number of carboxylic acid groups (broad SMARTS) is 1. The van der Waals surface area contributed by atoms with Gasteiger partial charge < -0.3 is 9.84 Å². The van der Waals surface area contributed by atoms with Gasteiger partial charge in [0.2, 0.25) is 0 Å². The number of methoxy groups -OCH3 is 1. The van der Waals surface area contributed by atoms with Crippen molar-refractivity contribution in [2.75, 3.05) is 7.11 Å². The van der Waals surface area contributed by atoms with Crippen molar-refractivity contribution >= 4 is 17.7 Å². The number of rotatable bonds is 4. The fraction of sp³-hybridized carbons (Fsp3) is 0.0909. The summed E-state index contributed by atoms with van der Waals surface area (Å²) in [7, 11) is 1.25. The Labute approximate surface area is 102 Å². The van der Waals surface area contributed by atoms with Gasteiger partial charge in [-0.05, 0) is 18.2 Å². The number of nitriles is 1. The van der Waals surface area contributed by atoms with E-state index in [1.165, 1.54) is 19.2 Å². The van der Waals surface area contributed by atoms with Gasteiger partial charge in [0.15, 0.2) is 5.75 Å². The quantitative estimate of drug-likeness (QED) is 0.491. The van der Waals surface area contributed by atoms with Crippen LogP contribution in [0.15, 0.2) is 18.2 Å². The summed E-state index contributed by atoms with van der Waals surface area (Å²) in [6.07, 6.45) is 1.73. The molecule has 0 aliphatic heterocycles. The van der Waals surface area contributed by atoms with E-state index in [0.717, 1.165) is 12.2 Å². The number of hydrogen-bond acceptors (Lipinski definition) is 5. The molecule has 0 unspecified atom stereocenters. The maximum Gasteiger partial charge on any atom is 0.328 e. The summed E-state index contributed by atoms with van der Waals surface area (Å²) < 4.78 is 4.82. The van der Waals surface area contributed by atoms with Crippen LogP contribution in [0.3, 0.4) is 0 Å². The number of carbonyl (C=O) groups is 1. The van der Waals surface area contributed by atoms with Gasteiger partial charge in [0.05, 0.1) is 23.2 Å². The lowest BCUT2D eigenvalue weighted by Gasteiger charge is -2.05. The number of nitro groups is 1. The molecule has 0 heterocycles. The molecular weight excluding hydrogens is 240 g/mol. The lowest BCUT2D eigenvalue weighted by Crippen LogP contribution is -1.99. The van der Waals surface area contributed by atoms with E-state index in [9.17, 15) is 14.9 Å². The van der Waals surface area contributed by atoms with E-state index in [4.69, 9.17) is 15.1 Å². The molecule has 0 amide bonds. The number of aliphatic carboxylic acids is 1. The Morgan fingerprint density at radius 2 is 2.28 bits per heavy atom. The Hall–Kier alpha value is -2.88. The maximum absolute atomic E-state index is 10.9. The van der Waals surface area contributed by atoms with Gasteiger partial charge in [0.1, 0.15) is 6.07 Å². The Balaban J connectivity index is 3.56. The molecule has 7 nitrogen and oxygen atoms in total. The van der Waals surface area contributed by atoms with Gasteiger partial charge in [0, 0.05) is 6.08 Å². The first kappa shape index (κ1) is 13.2. The minimum atomic E-state index is -1.27. The number of carboxylic acids is 1. The molecule has 0 atom stereocenters. The summed E-state index contributed by atoms with van der Waals surface area (Å²) in [6, 6.07) is 4.37. The highest BCUT2D eigenvalue weighted by Gasteiger charge is 2.22. The highest BCUT2D eigenvalue weighted by molar-refractivity contribution is 5.87. The average molecular weight is 248 g/mol. The van der Waals surface area contributed by atoms with E-state index in [0.29, 0.717) is 0 Å². The van der Waals surface area contributed by atoms with E-state index >= 15 is 0 Å². The normalized spacial score (nSPS) is 10.0. The highest BCUT2D eigenvalue weighted by atomic mass is 16.6. The van der Waals surface area contributed by atoms with Gasteiger partial charge in [-0.15, -0.1) is 0 Å². The molecule has 0 aliphatic rings. The molecule has 1 aromatic carbocycles. The van der Waals surface area contributed by atoms with Crippen LogP contribution in [0.25, 0.3) is 6.08 Å². The van der Waals surface area contributed by atoms with E-state index < -0.39 is 16.6 Å². The minimum absolute atomic E-state index is 0.000000000000000222. The minimum Gasteiger partial charge on any atom is -0.490 e. The van der Waals surface area contributed by atoms with Crippen LogP contribution in [0, 0.1) is 21.4 Å². The van der Waals surface area contributed by atoms with E-state index in [1.807, 2.05) is 0 Å². The molecule has 0 aromatic heterocycles. The van der Waals surface area contributed by atoms with Crippen LogP contribution in [0.2, 0.25) is 0 Å². The van der Waals surface area contributed by atoms with Gasteiger partial charge in [-0.3, -0.25) is 10.1 Å². The van der Waals surface area contributed by atoms with E-state index in [-0.39, 0.29) is 16.9 Å². The molecule has 0 saturated heterocycles. The zero-order chi connectivity index (χ0) is 13.7. The van der Waals surface area contributed by atoms with Crippen LogP contribution < -0.4 is 4.74 Å². The fourth-order valence-electron chi connectivity index (χ4n) is 1.36. The Morgan fingerprint density at radius 3 is 2.72 bits per heavy atom. The molecule has 0 fully saturated rings. The van der Waals surface area contributed by atoms with Crippen molar-refractivity contribution in [1.82, 2.24) is 0 Å². The zero-order valence-corrected chi connectivity index (χ0v) is 9.28. The van der Waals surface area contributed by atoms with Gasteiger partial charge in [-0.25, -0.2) is 4.79 Å². The lowest BCUT2D eigenvalue weighted by atomic mass is 10.0. The summed E-state index contributed by atoms with van der Waals surface area (Å²) >= 11 is 0. The van der Waals surface area contributed by atoms with Crippen LogP contribution in [0.4, 0.5) is 5.69 Å². The average Bonchev–Trinajstić information content (AvgIpc) is 2.34. The van der Waals surface area contributed by atoms with Gasteiger partial charge in [-0.1, -0.05) is 0 Å². The SMILES string of the molecule is COc1ccc(C#N)c(/C=C/C(=O)O)c1[N+](=O)[O-]. The van der Waals surface area contributed by atoms with Crippen molar-refractivity contribution < 1.29 is 19.6 Å². The molecule has 1 N–H and O–H groups in total. The molecule has 0 bridgehead atoms. The smallest absolute Gasteiger partial charge is 0.328 e. The Morgan fingerprint density at radius 1 is 1.61 bits per heavy atom. The molecule has 0 radical (unpaired) electrons. The molecule has 0 aliphatic carbocycles. The summed E-state index contributed by atoms with van der Waals surface area (Å²) in [5, 5.41) is 28.3. The highest BCUT2D eigenvalue weighted by Crippen LogP contribution is 2.33. The first-order valence-electron chi connectivity index (χ1n) is 4.67. The maximum atomic E-state index is 10.9. The number of nitro benzene ring substituents is 1. The molecule has 7 heteroatoms. The second kappa shape index (κ2) is 5.45. The Bertz CT molecular complexity index is 572. The molecular formula is C11H8N2O5. The molecule has 92 valence electrons. The van der Waals surface area contributed by atoms with Crippen LogP contribution in [0.1, 0.15) is 11.1 Å². The van der Waals surface area contributed by atoms with Crippen molar-refractivity contribution in [3.63, 3.8) is 0 Å². The van der Waals surface area contributed by atoms with Gasteiger partial charge in [0.25, 0.3) is 0 Å². The lowest BCUT2D eigenvalue weighted by molar-refractivity contribution is -0.386. The number of nitrogens with zero attached hydrogens (tertiary/aromatic N) is 2. The van der Waals surface area contributed by atoms with Crippen LogP contribution in [-0.4, -0.2) is 23.1 Å². The second-order valence-corrected chi connectivity index (χ2v) is 3.12. The standard InChI is InChI=1S/C11H8N2O5/c1-18-9-4-2-7(6-12)8(3-5-10(14)15)11(9)13(16)17/h2-5H,1H3,(H,14,15)/b5-3+. The Kier molecular flexibility index (Phi) is 3.99. The van der Waals surface area contributed by atoms with Crippen molar-refractivity contribution in [3.8, 4) is 11.8 Å². The number of benzene rings is 1. The van der Waals surface area contributed by atoms with Crippen LogP contribution >= 0.6 is 0 Å². The van der Waals surface area contributed by atoms with Crippen molar-refractivity contribution in [2.45, 2.75) is 0 Å². The predicted octanol–water partition coefficient (Wildman–Crippen LogP) is 1.57. The second-order valence-electron chi connectivity index (χ2n) is 3.12. The summed E-state index contributed by atoms with van der Waals surface area (Å²) in [5.41, 5.74) is -0.529. The van der Waals surface area contributed by atoms with E-state index in [1.54, 1.807) is 6.07 Å². The first-order valence-corrected chi connectivity index (χ1v) is 4.67. The topological polar surface area (TPSA) is 113 Å². The third-order valence-corrected chi connectivity index (χ3v) is 2.10. The fourth-order valence-corrected chi connectivity index (χ4v) is 1.36. The monoisotopic (exact) mass is 248 g/mol. The summed E-state index contributed by atoms with van der Waals surface area (Å²) in [4.78, 5) is 20.7. The predicted molar refractivity (Wildman–Crippen MR) is 61.0 cm³/mol. The first-order chi connectivity index (χ1) is 8.51. The zero-order valence-electron chi connectivity index (χ0n) is 9.28. The van der Waals surface area contributed by atoms with Crippen LogP contribution in [-0.2, 0) is 4.79 Å². The third kappa shape index (κ3) is 2.62. The summed E-state index contributed by atoms with van der Waals surface area (Å²) in [6.45, 7) is 0.